The van der Waals surface area contributed by atoms with Gasteiger partial charge in [-0.15, -0.1) is 0 Å². The molecule has 0 aromatic carbocycles. The molecule has 0 saturated carbocycles. The quantitative estimate of drug-likeness (QED) is 0.672. The Morgan fingerprint density at radius 3 is 3.17 bits per heavy atom. The van der Waals surface area contributed by atoms with Gasteiger partial charge in [0.1, 0.15) is 6.33 Å². The van der Waals surface area contributed by atoms with Gasteiger partial charge in [-0.05, 0) is 6.07 Å². The Morgan fingerprint density at radius 2 is 2.33 bits per heavy atom. The van der Waals surface area contributed by atoms with E-state index in [1.807, 2.05) is 22.9 Å². The van der Waals surface area contributed by atoms with Gasteiger partial charge in [0, 0.05) is 12.4 Å². The number of nitrogens with zero attached hydrogens (tertiary/aromatic N) is 3. The van der Waals surface area contributed by atoms with Gasteiger partial charge in [-0.25, -0.2) is 7.76 Å². The number of hydrogen-bond acceptors (Lipinski definition) is 3. The highest BCUT2D eigenvalue weighted by Crippen LogP contribution is 2.02. The first-order valence-electron chi connectivity index (χ1n) is 3.26. The summed E-state index contributed by atoms with van der Waals surface area (Å²) in [7, 11) is 0. The van der Waals surface area contributed by atoms with Crippen LogP contribution in [0, 0.1) is 0 Å². The first-order chi connectivity index (χ1) is 5.79. The SMILES string of the molecule is O=c1c2cnccc2ncn1I. The average molecular weight is 273 g/mol. The van der Waals surface area contributed by atoms with Crippen molar-refractivity contribution in [1.82, 2.24) is 12.7 Å². The molecule has 2 rings (SSSR count). The molecule has 0 spiro atoms. The largest absolute Gasteiger partial charge is 0.271 e. The lowest BCUT2D eigenvalue weighted by Crippen LogP contribution is -2.12. The monoisotopic (exact) mass is 273 g/mol. The molecule has 0 aliphatic carbocycles. The summed E-state index contributed by atoms with van der Waals surface area (Å²) in [6.45, 7) is 0. The van der Waals surface area contributed by atoms with E-state index < -0.39 is 0 Å². The summed E-state index contributed by atoms with van der Waals surface area (Å²) in [4.78, 5) is 19.3. The highest BCUT2D eigenvalue weighted by atomic mass is 127. The van der Waals surface area contributed by atoms with Gasteiger partial charge in [0.15, 0.2) is 0 Å². The maximum Gasteiger partial charge on any atom is 0.271 e. The van der Waals surface area contributed by atoms with Crippen LogP contribution in [0.3, 0.4) is 0 Å². The maximum atomic E-state index is 11.4. The summed E-state index contributed by atoms with van der Waals surface area (Å²) in [6.07, 6.45) is 4.64. The zero-order valence-electron chi connectivity index (χ0n) is 5.94. The van der Waals surface area contributed by atoms with E-state index in [2.05, 4.69) is 9.97 Å². The van der Waals surface area contributed by atoms with E-state index in [-0.39, 0.29) is 5.56 Å². The average Bonchev–Trinajstić information content (AvgIpc) is 2.12. The molecule has 0 radical (unpaired) electrons. The van der Waals surface area contributed by atoms with E-state index in [9.17, 15) is 4.79 Å². The van der Waals surface area contributed by atoms with Crippen LogP contribution < -0.4 is 5.56 Å². The first kappa shape index (κ1) is 7.66. The molecular formula is C7H4IN3O. The molecule has 5 heteroatoms. The van der Waals surface area contributed by atoms with Crippen molar-refractivity contribution in [2.75, 3.05) is 0 Å². The van der Waals surface area contributed by atoms with Gasteiger partial charge in [-0.1, -0.05) is 0 Å². The van der Waals surface area contributed by atoms with E-state index >= 15 is 0 Å². The Morgan fingerprint density at radius 1 is 1.50 bits per heavy atom. The molecule has 0 aliphatic rings. The fourth-order valence-corrected chi connectivity index (χ4v) is 1.33. The van der Waals surface area contributed by atoms with E-state index in [0.29, 0.717) is 10.9 Å². The number of hydrogen-bond donors (Lipinski definition) is 0. The highest BCUT2D eigenvalue weighted by molar-refractivity contribution is 14.1. The second kappa shape index (κ2) is 2.81. The fourth-order valence-electron chi connectivity index (χ4n) is 0.945. The lowest BCUT2D eigenvalue weighted by atomic mass is 10.3. The van der Waals surface area contributed by atoms with Crippen molar-refractivity contribution in [3.8, 4) is 0 Å². The van der Waals surface area contributed by atoms with Crippen molar-refractivity contribution in [3.63, 3.8) is 0 Å². The normalized spacial score (nSPS) is 10.4. The van der Waals surface area contributed by atoms with Crippen LogP contribution in [-0.2, 0) is 0 Å². The van der Waals surface area contributed by atoms with E-state index in [1.54, 1.807) is 12.3 Å². The van der Waals surface area contributed by atoms with E-state index in [4.69, 9.17) is 0 Å². The molecular weight excluding hydrogens is 269 g/mol. The highest BCUT2D eigenvalue weighted by Gasteiger charge is 1.99. The van der Waals surface area contributed by atoms with Crippen LogP contribution in [-0.4, -0.2) is 12.7 Å². The first-order valence-corrected chi connectivity index (χ1v) is 4.23. The third-order valence-corrected chi connectivity index (χ3v) is 2.21. The van der Waals surface area contributed by atoms with Crippen LogP contribution in [0.2, 0.25) is 0 Å². The second-order valence-corrected chi connectivity index (χ2v) is 3.29. The smallest absolute Gasteiger partial charge is 0.268 e. The van der Waals surface area contributed by atoms with Crippen LogP contribution in [0.4, 0.5) is 0 Å². The van der Waals surface area contributed by atoms with Crippen molar-refractivity contribution in [2.45, 2.75) is 0 Å². The lowest BCUT2D eigenvalue weighted by molar-refractivity contribution is 1.13. The summed E-state index contributed by atoms with van der Waals surface area (Å²) >= 11 is 1.89. The standard InChI is InChI=1S/C7H4IN3O/c8-11-4-10-6-1-2-9-3-5(6)7(11)12/h1-4H. The number of fused-ring (bicyclic) bond motifs is 1. The number of halogens is 1. The Labute approximate surface area is 81.8 Å². The third kappa shape index (κ3) is 1.09. The molecule has 4 nitrogen and oxygen atoms in total. The van der Waals surface area contributed by atoms with Gasteiger partial charge >= 0.3 is 0 Å². The van der Waals surface area contributed by atoms with Crippen LogP contribution in [0.15, 0.2) is 29.6 Å². The molecule has 2 aromatic rings. The van der Waals surface area contributed by atoms with Crippen molar-refractivity contribution >= 4 is 33.8 Å². The van der Waals surface area contributed by atoms with Gasteiger partial charge in [0.2, 0.25) is 0 Å². The fraction of sp³-hybridized carbons (Fsp3) is 0. The Hall–Kier alpha value is -0.980. The molecule has 0 fully saturated rings. The van der Waals surface area contributed by atoms with Gasteiger partial charge in [-0.3, -0.25) is 9.78 Å². The van der Waals surface area contributed by atoms with Gasteiger partial charge in [-0.2, -0.15) is 0 Å². The summed E-state index contributed by atoms with van der Waals surface area (Å²) in [5.41, 5.74) is 0.608. The number of pyridine rings is 1. The third-order valence-electron chi connectivity index (χ3n) is 1.52. The van der Waals surface area contributed by atoms with Crippen LogP contribution >= 0.6 is 22.9 Å². The maximum absolute atomic E-state index is 11.4. The summed E-state index contributed by atoms with van der Waals surface area (Å²) in [6, 6.07) is 1.72. The van der Waals surface area contributed by atoms with Crippen molar-refractivity contribution in [3.05, 3.63) is 35.1 Å². The lowest BCUT2D eigenvalue weighted by Gasteiger charge is -1.95. The van der Waals surface area contributed by atoms with Crippen LogP contribution in [0.1, 0.15) is 0 Å². The molecule has 0 N–H and O–H groups in total. The predicted molar refractivity (Wildman–Crippen MR) is 53.2 cm³/mol. The molecule has 0 saturated heterocycles. The molecule has 0 amide bonds. The molecule has 2 heterocycles. The van der Waals surface area contributed by atoms with Crippen molar-refractivity contribution in [2.24, 2.45) is 0 Å². The van der Waals surface area contributed by atoms with Gasteiger partial charge < -0.3 is 0 Å². The molecule has 2 aromatic heterocycles. The van der Waals surface area contributed by atoms with Crippen molar-refractivity contribution < 1.29 is 0 Å². The second-order valence-electron chi connectivity index (χ2n) is 2.25. The topological polar surface area (TPSA) is 47.8 Å². The molecule has 0 bridgehead atoms. The van der Waals surface area contributed by atoms with Crippen molar-refractivity contribution in [1.29, 1.82) is 0 Å². The van der Waals surface area contributed by atoms with E-state index in [0.717, 1.165) is 0 Å². The molecule has 0 unspecified atom stereocenters. The molecule has 0 atom stereocenters. The number of aromatic nitrogens is 3. The molecule has 60 valence electrons. The zero-order chi connectivity index (χ0) is 8.55. The minimum atomic E-state index is -0.0753. The minimum Gasteiger partial charge on any atom is -0.268 e. The summed E-state index contributed by atoms with van der Waals surface area (Å²) in [5, 5.41) is 0.550. The predicted octanol–water partition coefficient (Wildman–Crippen LogP) is 0.990. The van der Waals surface area contributed by atoms with E-state index in [1.165, 1.54) is 15.3 Å². The zero-order valence-corrected chi connectivity index (χ0v) is 8.09. The Bertz CT molecular complexity index is 479. The van der Waals surface area contributed by atoms with Crippen LogP contribution in [0.5, 0.6) is 0 Å². The number of rotatable bonds is 0. The summed E-state index contributed by atoms with van der Waals surface area (Å²) < 4.78 is 1.40. The molecule has 0 aliphatic heterocycles. The molecule has 12 heavy (non-hydrogen) atoms. The van der Waals surface area contributed by atoms with Gasteiger partial charge in [0.25, 0.3) is 5.56 Å². The minimum absolute atomic E-state index is 0.0753. The summed E-state index contributed by atoms with van der Waals surface area (Å²) in [5.74, 6) is 0. The van der Waals surface area contributed by atoms with Crippen LogP contribution in [0.25, 0.3) is 10.9 Å². The van der Waals surface area contributed by atoms with Gasteiger partial charge in [0.05, 0.1) is 33.8 Å². The Balaban J connectivity index is 3.01. The Kier molecular flexibility index (Phi) is 1.80.